The Hall–Kier alpha value is -2.63. The van der Waals surface area contributed by atoms with Crippen molar-refractivity contribution in [2.75, 3.05) is 20.8 Å². The van der Waals surface area contributed by atoms with Crippen molar-refractivity contribution in [2.24, 2.45) is 0 Å². The number of hydrogen-bond acceptors (Lipinski definition) is 9. The van der Waals surface area contributed by atoms with Crippen molar-refractivity contribution in [3.05, 3.63) is 47.3 Å². The molecule has 0 saturated carbocycles. The summed E-state index contributed by atoms with van der Waals surface area (Å²) in [6.45, 7) is 5.66. The molecule has 12 heteroatoms. The van der Waals surface area contributed by atoms with Gasteiger partial charge in [0.05, 0.1) is 30.0 Å². The first-order chi connectivity index (χ1) is 15.7. The van der Waals surface area contributed by atoms with Crippen LogP contribution in [0.4, 0.5) is 0 Å². The fraction of sp³-hybridized carbons (Fsp3) is 0.476. The molecule has 0 spiro atoms. The second-order valence-electron chi connectivity index (χ2n) is 7.74. The summed E-state index contributed by atoms with van der Waals surface area (Å²) in [5.74, 6) is 0.809. The summed E-state index contributed by atoms with van der Waals surface area (Å²) >= 11 is 5.85. The molecule has 0 amide bonds. The van der Waals surface area contributed by atoms with Crippen LogP contribution in [-0.2, 0) is 20.3 Å². The minimum atomic E-state index is -3.65. The van der Waals surface area contributed by atoms with Crippen LogP contribution in [0.2, 0.25) is 5.02 Å². The number of aromatic nitrogens is 6. The number of ether oxygens (including phenoxy) is 2. The maximum absolute atomic E-state index is 13.3. The van der Waals surface area contributed by atoms with Crippen LogP contribution in [0.5, 0.6) is 5.88 Å². The summed E-state index contributed by atoms with van der Waals surface area (Å²) in [7, 11) is -0.543. The summed E-state index contributed by atoms with van der Waals surface area (Å²) < 4.78 is 38.9. The van der Waals surface area contributed by atoms with Crippen molar-refractivity contribution in [3.8, 4) is 17.4 Å². The van der Waals surface area contributed by atoms with Crippen molar-refractivity contribution < 1.29 is 17.9 Å². The fourth-order valence-corrected chi connectivity index (χ4v) is 5.08. The Morgan fingerprint density at radius 3 is 2.42 bits per heavy atom. The van der Waals surface area contributed by atoms with E-state index in [9.17, 15) is 8.42 Å². The maximum atomic E-state index is 13.3. The molecule has 0 bridgehead atoms. The van der Waals surface area contributed by atoms with Gasteiger partial charge in [0, 0.05) is 31.5 Å². The van der Waals surface area contributed by atoms with Gasteiger partial charge in [0.1, 0.15) is 23.1 Å². The molecule has 0 unspecified atom stereocenters. The monoisotopic (exact) mass is 494 g/mol. The maximum Gasteiger partial charge on any atom is 0.213 e. The van der Waals surface area contributed by atoms with Crippen molar-refractivity contribution in [3.63, 3.8) is 0 Å². The van der Waals surface area contributed by atoms with E-state index in [4.69, 9.17) is 21.1 Å². The quantitative estimate of drug-likeness (QED) is 0.418. The number of halogens is 1. The minimum absolute atomic E-state index is 0.231. The first kappa shape index (κ1) is 25.0. The van der Waals surface area contributed by atoms with Crippen molar-refractivity contribution in [2.45, 2.75) is 43.7 Å². The average Bonchev–Trinajstić information content (AvgIpc) is 3.21. The van der Waals surface area contributed by atoms with Crippen LogP contribution in [0, 0.1) is 0 Å². The lowest BCUT2D eigenvalue weighted by molar-refractivity contribution is 0.161. The van der Waals surface area contributed by atoms with Gasteiger partial charge in [-0.3, -0.25) is 0 Å². The van der Waals surface area contributed by atoms with Gasteiger partial charge >= 0.3 is 0 Å². The third-order valence-electron chi connectivity index (χ3n) is 5.43. The first-order valence-electron chi connectivity index (χ1n) is 10.3. The van der Waals surface area contributed by atoms with E-state index >= 15 is 0 Å². The van der Waals surface area contributed by atoms with E-state index < -0.39 is 21.0 Å². The topological polar surface area (TPSA) is 122 Å². The second kappa shape index (κ2) is 10.5. The Kier molecular flexibility index (Phi) is 7.98. The van der Waals surface area contributed by atoms with Gasteiger partial charge in [-0.15, -0.1) is 10.2 Å². The number of sulfone groups is 1. The molecule has 0 aliphatic heterocycles. The first-order valence-corrected chi connectivity index (χ1v) is 12.4. The van der Waals surface area contributed by atoms with Crippen LogP contribution in [0.1, 0.15) is 44.4 Å². The highest BCUT2D eigenvalue weighted by atomic mass is 35.5. The predicted molar refractivity (Wildman–Crippen MR) is 124 cm³/mol. The largest absolute Gasteiger partial charge is 0.481 e. The molecule has 0 aliphatic carbocycles. The van der Waals surface area contributed by atoms with Gasteiger partial charge in [-0.2, -0.15) is 0 Å². The molecule has 3 aromatic rings. The van der Waals surface area contributed by atoms with E-state index in [1.807, 2.05) is 6.92 Å². The third kappa shape index (κ3) is 5.66. The summed E-state index contributed by atoms with van der Waals surface area (Å²) in [4.78, 5) is 12.8. The molecule has 0 radical (unpaired) electrons. The van der Waals surface area contributed by atoms with E-state index in [-0.39, 0.29) is 11.8 Å². The lowest BCUT2D eigenvalue weighted by atomic mass is 10.1. The zero-order valence-corrected chi connectivity index (χ0v) is 20.7. The Balaban J connectivity index is 1.96. The molecule has 33 heavy (non-hydrogen) atoms. The molecule has 3 aromatic heterocycles. The summed E-state index contributed by atoms with van der Waals surface area (Å²) in [5, 5.41) is 8.09. The molecule has 0 N–H and O–H groups in total. The lowest BCUT2D eigenvalue weighted by Gasteiger charge is -2.21. The Bertz CT molecular complexity index is 1190. The summed E-state index contributed by atoms with van der Waals surface area (Å²) in [6, 6.07) is 5.04. The Morgan fingerprint density at radius 2 is 1.79 bits per heavy atom. The number of methoxy groups -OCH3 is 2. The minimum Gasteiger partial charge on any atom is -0.481 e. The predicted octanol–water partition coefficient (Wildman–Crippen LogP) is 3.11. The zero-order valence-electron chi connectivity index (χ0n) is 19.1. The van der Waals surface area contributed by atoms with Crippen molar-refractivity contribution in [1.82, 2.24) is 29.7 Å². The number of pyridine rings is 1. The van der Waals surface area contributed by atoms with E-state index in [1.54, 1.807) is 43.7 Å². The van der Waals surface area contributed by atoms with Gasteiger partial charge in [0.2, 0.25) is 5.88 Å². The lowest BCUT2D eigenvalue weighted by Crippen LogP contribution is -2.28. The highest BCUT2D eigenvalue weighted by Crippen LogP contribution is 2.28. The second-order valence-corrected chi connectivity index (χ2v) is 10.5. The normalized spacial score (nSPS) is 14.6. The van der Waals surface area contributed by atoms with Gasteiger partial charge in [-0.05, 0) is 19.9 Å². The number of rotatable bonds is 10. The number of hydrogen-bond donors (Lipinski definition) is 0. The van der Waals surface area contributed by atoms with Crippen LogP contribution >= 0.6 is 11.6 Å². The SMILES string of the molecule is COC[C@H](C)n1c(CS(=O)(=O)[C@@H](C)[C@H](C)c2ncc(Cl)cn2)nnc1-c1cccc(OC)n1. The number of nitrogens with zero attached hydrogens (tertiary/aromatic N) is 6. The molecule has 3 atom stereocenters. The molecule has 178 valence electrons. The Labute approximate surface area is 198 Å². The summed E-state index contributed by atoms with van der Waals surface area (Å²) in [5.41, 5.74) is 0.518. The standard InChI is InChI=1S/C21H27ClN6O4S/c1-13(11-31-4)28-18(26-27-21(28)17-7-6-8-19(25-17)32-5)12-33(29,30)15(3)14(2)20-23-9-16(22)10-24-20/h6-10,13-15H,11-12H2,1-5H3/t13-,14-,15-/m0/s1. The van der Waals surface area contributed by atoms with E-state index in [0.29, 0.717) is 40.7 Å². The molecule has 3 rings (SSSR count). The molecule has 0 fully saturated rings. The van der Waals surface area contributed by atoms with Crippen LogP contribution in [-0.4, -0.2) is 64.2 Å². The zero-order chi connectivity index (χ0) is 24.2. The molecular formula is C21H27ClN6O4S. The van der Waals surface area contributed by atoms with Gasteiger partial charge in [-0.1, -0.05) is 24.6 Å². The van der Waals surface area contributed by atoms with Crippen LogP contribution in [0.15, 0.2) is 30.6 Å². The summed E-state index contributed by atoms with van der Waals surface area (Å²) in [6.07, 6.45) is 2.91. The fourth-order valence-electron chi connectivity index (χ4n) is 3.42. The van der Waals surface area contributed by atoms with Crippen molar-refractivity contribution >= 4 is 21.4 Å². The molecular weight excluding hydrogens is 468 g/mol. The average molecular weight is 495 g/mol. The molecule has 10 nitrogen and oxygen atoms in total. The van der Waals surface area contributed by atoms with Gasteiger partial charge < -0.3 is 14.0 Å². The molecule has 0 aliphatic rings. The highest BCUT2D eigenvalue weighted by Gasteiger charge is 2.32. The highest BCUT2D eigenvalue weighted by molar-refractivity contribution is 7.91. The smallest absolute Gasteiger partial charge is 0.213 e. The van der Waals surface area contributed by atoms with E-state index in [0.717, 1.165) is 0 Å². The van der Waals surface area contributed by atoms with Crippen LogP contribution < -0.4 is 4.74 Å². The van der Waals surface area contributed by atoms with Crippen LogP contribution in [0.3, 0.4) is 0 Å². The third-order valence-corrected chi connectivity index (χ3v) is 7.82. The van der Waals surface area contributed by atoms with Crippen LogP contribution in [0.25, 0.3) is 11.5 Å². The van der Waals surface area contributed by atoms with Gasteiger partial charge in [-0.25, -0.2) is 23.4 Å². The molecule has 0 saturated heterocycles. The van der Waals surface area contributed by atoms with Gasteiger partial charge in [0.25, 0.3) is 0 Å². The van der Waals surface area contributed by atoms with E-state index in [1.165, 1.54) is 19.5 Å². The Morgan fingerprint density at radius 1 is 1.09 bits per heavy atom. The molecule has 3 heterocycles. The van der Waals surface area contributed by atoms with Gasteiger partial charge in [0.15, 0.2) is 15.7 Å². The van der Waals surface area contributed by atoms with E-state index in [2.05, 4.69) is 25.1 Å². The molecule has 0 aromatic carbocycles. The van der Waals surface area contributed by atoms with Crippen molar-refractivity contribution in [1.29, 1.82) is 0 Å².